The summed E-state index contributed by atoms with van der Waals surface area (Å²) >= 11 is 0. The number of rotatable bonds is 5. The number of hydrogen-bond acceptors (Lipinski definition) is 1. The molecule has 0 aliphatic heterocycles. The first-order valence-corrected chi connectivity index (χ1v) is 12.1. The summed E-state index contributed by atoms with van der Waals surface area (Å²) < 4.78 is 4.15. The van der Waals surface area contributed by atoms with Crippen molar-refractivity contribution < 1.29 is 0 Å². The van der Waals surface area contributed by atoms with Gasteiger partial charge in [0.2, 0.25) is 0 Å². The van der Waals surface area contributed by atoms with Gasteiger partial charge in [0, 0.05) is 0 Å². The van der Waals surface area contributed by atoms with Crippen molar-refractivity contribution in [2.24, 2.45) is 0 Å². The Balaban J connectivity index is 5.15. The molecule has 0 aromatic carbocycles. The van der Waals surface area contributed by atoms with Crippen LogP contribution in [0.1, 0.15) is 41.5 Å². The van der Waals surface area contributed by atoms with Gasteiger partial charge in [-0.1, -0.05) is 61.2 Å². The third-order valence-electron chi connectivity index (χ3n) is 3.46. The summed E-state index contributed by atoms with van der Waals surface area (Å²) in [5.74, 6) is 0. The lowest BCUT2D eigenvalue weighted by molar-refractivity contribution is 0.788. The summed E-state index contributed by atoms with van der Waals surface area (Å²) in [5.41, 5.74) is 2.47. The average Bonchev–Trinajstić information content (AvgIpc) is 1.96. The molecule has 0 aromatic heterocycles. The second kappa shape index (κ2) is 5.15. The average molecular weight is 246 g/mol. The van der Waals surface area contributed by atoms with Crippen LogP contribution in [-0.4, -0.2) is 16.5 Å². The van der Waals surface area contributed by atoms with Crippen LogP contribution in [0, 0.1) is 0 Å². The lowest BCUT2D eigenvalue weighted by Gasteiger charge is -2.47. The third-order valence-corrected chi connectivity index (χ3v) is 13.9. The van der Waals surface area contributed by atoms with E-state index in [0.29, 0.717) is 0 Å². The van der Waals surface area contributed by atoms with E-state index in [1.165, 1.54) is 0 Å². The van der Waals surface area contributed by atoms with E-state index >= 15 is 0 Å². The zero-order valence-corrected chi connectivity index (χ0v) is 14.2. The monoisotopic (exact) mass is 245 g/mol. The molecule has 15 heavy (non-hydrogen) atoms. The Kier molecular flexibility index (Phi) is 5.28. The predicted molar refractivity (Wildman–Crippen MR) is 77.5 cm³/mol. The molecule has 0 atom stereocenters. The van der Waals surface area contributed by atoms with Crippen LogP contribution in [0.15, 0.2) is 0 Å². The van der Waals surface area contributed by atoms with Crippen molar-refractivity contribution >= 4 is 16.5 Å². The van der Waals surface area contributed by atoms with Crippen molar-refractivity contribution in [3.05, 3.63) is 0 Å². The third kappa shape index (κ3) is 3.72. The van der Waals surface area contributed by atoms with Gasteiger partial charge >= 0.3 is 0 Å². The van der Waals surface area contributed by atoms with E-state index in [1.807, 2.05) is 0 Å². The van der Waals surface area contributed by atoms with Crippen molar-refractivity contribution in [2.45, 2.75) is 77.8 Å². The topological polar surface area (TPSA) is 12.0 Å². The summed E-state index contributed by atoms with van der Waals surface area (Å²) in [5, 5.41) is 0. The molecule has 0 saturated carbocycles. The highest BCUT2D eigenvalue weighted by atomic mass is 28.4. The SMILES string of the molecule is CC(C)[Si](N[Si](C)(C)C)(C(C)C)C(C)C. The zero-order valence-electron chi connectivity index (χ0n) is 12.2. The normalized spacial score (nSPS) is 14.4. The molecule has 0 unspecified atom stereocenters. The highest BCUT2D eigenvalue weighted by Crippen LogP contribution is 2.39. The molecule has 0 aliphatic rings. The standard InChI is InChI=1S/C12H31NSi2/c1-10(2)15(11(3)4,12(5)6)13-14(7,8)9/h10-13H,1-9H3. The largest absolute Gasteiger partial charge is 0.359 e. The molecule has 0 rings (SSSR count). The Morgan fingerprint density at radius 3 is 1.00 bits per heavy atom. The Morgan fingerprint density at radius 1 is 0.667 bits per heavy atom. The van der Waals surface area contributed by atoms with Crippen LogP contribution < -0.4 is 4.65 Å². The molecule has 0 heterocycles. The van der Waals surface area contributed by atoms with Crippen molar-refractivity contribution in [3.63, 3.8) is 0 Å². The summed E-state index contributed by atoms with van der Waals surface area (Å²) in [4.78, 5) is 0. The van der Waals surface area contributed by atoms with Crippen LogP contribution in [0.5, 0.6) is 0 Å². The highest BCUT2D eigenvalue weighted by molar-refractivity contribution is 6.93. The summed E-state index contributed by atoms with van der Waals surface area (Å²) in [6.45, 7) is 21.8. The molecule has 0 fully saturated rings. The predicted octanol–water partition coefficient (Wildman–Crippen LogP) is 4.59. The fourth-order valence-corrected chi connectivity index (χ4v) is 15.7. The highest BCUT2D eigenvalue weighted by Gasteiger charge is 2.45. The van der Waals surface area contributed by atoms with Crippen LogP contribution >= 0.6 is 0 Å². The van der Waals surface area contributed by atoms with Crippen molar-refractivity contribution in [1.82, 2.24) is 4.65 Å². The van der Waals surface area contributed by atoms with Gasteiger partial charge in [0.1, 0.15) is 16.5 Å². The minimum absolute atomic E-state index is 0.823. The molecule has 0 spiro atoms. The van der Waals surface area contributed by atoms with Gasteiger partial charge in [-0.05, 0) is 16.6 Å². The van der Waals surface area contributed by atoms with Gasteiger partial charge in [0.25, 0.3) is 0 Å². The van der Waals surface area contributed by atoms with E-state index in [0.717, 1.165) is 16.6 Å². The molecule has 0 aromatic rings. The van der Waals surface area contributed by atoms with Gasteiger partial charge in [0.05, 0.1) is 0 Å². The van der Waals surface area contributed by atoms with Crippen LogP contribution in [0.4, 0.5) is 0 Å². The van der Waals surface area contributed by atoms with Gasteiger partial charge in [-0.15, -0.1) is 0 Å². The van der Waals surface area contributed by atoms with Crippen LogP contribution in [0.3, 0.4) is 0 Å². The molecule has 92 valence electrons. The Morgan fingerprint density at radius 2 is 0.933 bits per heavy atom. The van der Waals surface area contributed by atoms with Gasteiger partial charge in [-0.25, -0.2) is 0 Å². The fraction of sp³-hybridized carbons (Fsp3) is 1.00. The van der Waals surface area contributed by atoms with Crippen LogP contribution in [0.2, 0.25) is 36.3 Å². The quantitative estimate of drug-likeness (QED) is 0.699. The first-order valence-electron chi connectivity index (χ1n) is 6.33. The molecule has 0 amide bonds. The van der Waals surface area contributed by atoms with Gasteiger partial charge in [0.15, 0.2) is 0 Å². The fourth-order valence-electron chi connectivity index (χ4n) is 3.08. The van der Waals surface area contributed by atoms with Gasteiger partial charge < -0.3 is 4.65 Å². The zero-order chi connectivity index (χ0) is 12.4. The van der Waals surface area contributed by atoms with E-state index < -0.39 is 16.5 Å². The van der Waals surface area contributed by atoms with Crippen LogP contribution in [-0.2, 0) is 0 Å². The Bertz CT molecular complexity index is 171. The van der Waals surface area contributed by atoms with E-state index in [9.17, 15) is 0 Å². The summed E-state index contributed by atoms with van der Waals surface area (Å²) in [6.07, 6.45) is 0. The van der Waals surface area contributed by atoms with Crippen molar-refractivity contribution in [1.29, 1.82) is 0 Å². The molecular formula is C12H31NSi2. The van der Waals surface area contributed by atoms with E-state index in [2.05, 4.69) is 65.8 Å². The smallest absolute Gasteiger partial charge is 0.126 e. The second-order valence-electron chi connectivity index (χ2n) is 6.77. The van der Waals surface area contributed by atoms with Gasteiger partial charge in [-0.2, -0.15) is 0 Å². The number of nitrogens with one attached hydrogen (secondary N) is 1. The van der Waals surface area contributed by atoms with E-state index in [4.69, 9.17) is 0 Å². The molecule has 0 saturated heterocycles. The molecule has 3 heteroatoms. The molecule has 0 bridgehead atoms. The first-order chi connectivity index (χ1) is 6.54. The maximum Gasteiger partial charge on any atom is 0.126 e. The van der Waals surface area contributed by atoms with Crippen molar-refractivity contribution in [2.75, 3.05) is 0 Å². The number of hydrogen-bond donors (Lipinski definition) is 1. The first kappa shape index (κ1) is 15.4. The van der Waals surface area contributed by atoms with E-state index in [-0.39, 0.29) is 0 Å². The van der Waals surface area contributed by atoms with E-state index in [1.54, 1.807) is 0 Å². The van der Waals surface area contributed by atoms with Gasteiger partial charge in [-0.3, -0.25) is 0 Å². The molecule has 1 N–H and O–H groups in total. The maximum absolute atomic E-state index is 4.15. The molecule has 1 nitrogen and oxygen atoms in total. The lowest BCUT2D eigenvalue weighted by Crippen LogP contribution is -2.65. The summed E-state index contributed by atoms with van der Waals surface area (Å²) in [6, 6.07) is 0. The second-order valence-corrected chi connectivity index (χ2v) is 17.6. The molecule has 0 aliphatic carbocycles. The molecular weight excluding hydrogens is 214 g/mol. The lowest BCUT2D eigenvalue weighted by atomic mass is 10.5. The minimum Gasteiger partial charge on any atom is -0.359 e. The Labute approximate surface area is 99.2 Å². The van der Waals surface area contributed by atoms with Crippen molar-refractivity contribution in [3.8, 4) is 0 Å². The Hall–Kier alpha value is 0.394. The molecule has 0 radical (unpaired) electrons. The summed E-state index contributed by atoms with van der Waals surface area (Å²) in [7, 11) is -2.52. The van der Waals surface area contributed by atoms with Crippen LogP contribution in [0.25, 0.3) is 0 Å². The minimum atomic E-state index is -1.35. The maximum atomic E-state index is 4.15.